The molecule has 0 fully saturated rings. The molecule has 30 heavy (non-hydrogen) atoms. The van der Waals surface area contributed by atoms with E-state index >= 15 is 0 Å². The second-order valence-corrected chi connectivity index (χ2v) is 27.5. The summed E-state index contributed by atoms with van der Waals surface area (Å²) in [4.78, 5) is 0. The summed E-state index contributed by atoms with van der Waals surface area (Å²) in [5, 5.41) is 3.58. The summed E-state index contributed by atoms with van der Waals surface area (Å²) in [6.07, 6.45) is 15.4. The van der Waals surface area contributed by atoms with E-state index < -0.39 is 26.5 Å². The average Bonchev–Trinajstić information content (AvgIpc) is 2.77. The van der Waals surface area contributed by atoms with Gasteiger partial charge in [-0.3, -0.25) is 0 Å². The molecule has 0 nitrogen and oxygen atoms in total. The molecule has 0 aliphatic carbocycles. The van der Waals surface area contributed by atoms with E-state index in [1.807, 2.05) is 5.20 Å². The summed E-state index contributed by atoms with van der Waals surface area (Å²) in [7, 11) is -1.58. The monoisotopic (exact) mass is 536 g/mol. The zero-order valence-corrected chi connectivity index (χ0v) is 25.2. The predicted molar refractivity (Wildman–Crippen MR) is 145 cm³/mol. The first-order chi connectivity index (χ1) is 14.5. The second kappa shape index (κ2) is 15.7. The topological polar surface area (TPSA) is 0 Å². The van der Waals surface area contributed by atoms with E-state index in [9.17, 15) is 0 Å². The second-order valence-electron chi connectivity index (χ2n) is 10.1. The third-order valence-electron chi connectivity index (χ3n) is 7.16. The Morgan fingerprint density at radius 3 is 1.67 bits per heavy atom. The Labute approximate surface area is 195 Å². The minimum atomic E-state index is -2.28. The van der Waals surface area contributed by atoms with Crippen LogP contribution in [0.2, 0.25) is 26.4 Å². The molecule has 0 saturated carbocycles. The van der Waals surface area contributed by atoms with Gasteiger partial charge >= 0.3 is 196 Å². The molecule has 0 N–H and O–H groups in total. The third kappa shape index (κ3) is 9.63. The van der Waals surface area contributed by atoms with Gasteiger partial charge in [-0.15, -0.1) is 0 Å². The van der Waals surface area contributed by atoms with Crippen LogP contribution in [0.15, 0.2) is 39.6 Å². The summed E-state index contributed by atoms with van der Waals surface area (Å²) < 4.78 is 7.90. The van der Waals surface area contributed by atoms with Crippen molar-refractivity contribution < 1.29 is 0 Å². The molecule has 172 valence electrons. The van der Waals surface area contributed by atoms with Crippen LogP contribution < -0.4 is 5.19 Å². The summed E-state index contributed by atoms with van der Waals surface area (Å²) in [6.45, 7) is 14.8. The molecule has 0 atom stereocenters. The van der Waals surface area contributed by atoms with Crippen molar-refractivity contribution in [2.75, 3.05) is 0 Å². The van der Waals surface area contributed by atoms with Crippen LogP contribution in [0.1, 0.15) is 98.3 Å². The van der Waals surface area contributed by atoms with E-state index in [1.54, 1.807) is 18.5 Å². The van der Waals surface area contributed by atoms with E-state index in [0.29, 0.717) is 0 Å². The Bertz CT molecular complexity index is 554. The molecule has 0 heterocycles. The molecule has 0 aliphatic heterocycles. The van der Waals surface area contributed by atoms with E-state index in [1.165, 1.54) is 70.6 Å². The zero-order valence-electron chi connectivity index (χ0n) is 21.4. The van der Waals surface area contributed by atoms with Crippen LogP contribution in [0.4, 0.5) is 0 Å². The molecular formula is C28H52SiSn. The standard InChI is InChI=1S/C16H25Si.3C4H9.Sn/c1-5-6-7-9-12-15(2)17(3,4)16-13-10-8-11-14-16;3*1-3-4-2;/h2,8,10-11,13-14H,5-7,9,12H2,1,3-4H3;3*1,3-4H2,2H3;. The van der Waals surface area contributed by atoms with E-state index in [2.05, 4.69) is 75.2 Å². The van der Waals surface area contributed by atoms with Crippen molar-refractivity contribution in [2.24, 2.45) is 0 Å². The first-order valence-corrected chi connectivity index (χ1v) is 23.9. The van der Waals surface area contributed by atoms with Gasteiger partial charge in [0.05, 0.1) is 0 Å². The van der Waals surface area contributed by atoms with Gasteiger partial charge in [0.1, 0.15) is 0 Å². The van der Waals surface area contributed by atoms with Gasteiger partial charge in [0.15, 0.2) is 0 Å². The number of allylic oxidation sites excluding steroid dienone is 1. The van der Waals surface area contributed by atoms with E-state index in [0.717, 1.165) is 0 Å². The van der Waals surface area contributed by atoms with Crippen molar-refractivity contribution >= 4 is 31.6 Å². The van der Waals surface area contributed by atoms with Gasteiger partial charge in [-0.05, 0) is 0 Å². The van der Waals surface area contributed by atoms with Gasteiger partial charge in [-0.25, -0.2) is 0 Å². The quantitative estimate of drug-likeness (QED) is 0.138. The Kier molecular flexibility index (Phi) is 14.7. The van der Waals surface area contributed by atoms with Crippen LogP contribution in [0.25, 0.3) is 0 Å². The maximum atomic E-state index is 3.10. The fraction of sp³-hybridized carbons (Fsp3) is 0.714. The normalized spacial score (nSPS) is 13.1. The van der Waals surface area contributed by atoms with Crippen molar-refractivity contribution in [3.8, 4) is 0 Å². The molecule has 0 saturated heterocycles. The number of unbranched alkanes of at least 4 members (excludes halogenated alkanes) is 6. The maximum absolute atomic E-state index is 3.10. The Balaban J connectivity index is 3.35. The van der Waals surface area contributed by atoms with Crippen molar-refractivity contribution in [1.82, 2.24) is 0 Å². The molecule has 0 bridgehead atoms. The van der Waals surface area contributed by atoms with Crippen molar-refractivity contribution in [2.45, 2.75) is 125 Å². The van der Waals surface area contributed by atoms with Gasteiger partial charge < -0.3 is 0 Å². The molecule has 1 rings (SSSR count). The van der Waals surface area contributed by atoms with Crippen LogP contribution >= 0.6 is 0 Å². The molecule has 0 aliphatic rings. The third-order valence-corrected chi connectivity index (χ3v) is 26.1. The van der Waals surface area contributed by atoms with Gasteiger partial charge in [0.25, 0.3) is 0 Å². The van der Waals surface area contributed by atoms with E-state index in [4.69, 9.17) is 0 Å². The first-order valence-electron chi connectivity index (χ1n) is 13.2. The van der Waals surface area contributed by atoms with Crippen LogP contribution in [-0.4, -0.2) is 26.5 Å². The Morgan fingerprint density at radius 1 is 0.700 bits per heavy atom. The SMILES string of the molecule is CCCCCC/C(=[CH]/[Sn]([CH2]CCC)([CH2]CCC)[CH2]CCC)[Si](C)(C)c1ccccc1. The van der Waals surface area contributed by atoms with Crippen LogP contribution in [-0.2, 0) is 0 Å². The summed E-state index contributed by atoms with van der Waals surface area (Å²) in [5.74, 6) is 0. The van der Waals surface area contributed by atoms with Crippen LogP contribution in [0.5, 0.6) is 0 Å². The number of hydrogen-bond acceptors (Lipinski definition) is 0. The first kappa shape index (κ1) is 28.0. The molecule has 1 aromatic rings. The summed E-state index contributed by atoms with van der Waals surface area (Å²) in [6, 6.07) is 11.6. The van der Waals surface area contributed by atoms with Gasteiger partial charge in [0.2, 0.25) is 0 Å². The molecule has 0 aromatic heterocycles. The van der Waals surface area contributed by atoms with Crippen molar-refractivity contribution in [3.63, 3.8) is 0 Å². The Morgan fingerprint density at radius 2 is 1.20 bits per heavy atom. The van der Waals surface area contributed by atoms with Crippen molar-refractivity contribution in [3.05, 3.63) is 39.6 Å². The van der Waals surface area contributed by atoms with Crippen LogP contribution in [0.3, 0.4) is 0 Å². The number of rotatable bonds is 17. The van der Waals surface area contributed by atoms with Crippen LogP contribution in [0, 0.1) is 0 Å². The summed E-state index contributed by atoms with van der Waals surface area (Å²) in [5.41, 5.74) is 0. The number of benzene rings is 1. The molecule has 0 unspecified atom stereocenters. The molecule has 1 aromatic carbocycles. The predicted octanol–water partition coefficient (Wildman–Crippen LogP) is 9.43. The molecule has 2 heteroatoms. The zero-order chi connectivity index (χ0) is 22.3. The fourth-order valence-electron chi connectivity index (χ4n) is 4.90. The number of hydrogen-bond donors (Lipinski definition) is 0. The molecular weight excluding hydrogens is 483 g/mol. The molecule has 0 spiro atoms. The van der Waals surface area contributed by atoms with Gasteiger partial charge in [-0.1, -0.05) is 0 Å². The Hall–Kier alpha value is -0.0244. The average molecular weight is 536 g/mol. The minimum absolute atomic E-state index is 1.34. The van der Waals surface area contributed by atoms with E-state index in [-0.39, 0.29) is 0 Å². The van der Waals surface area contributed by atoms with Gasteiger partial charge in [-0.2, -0.15) is 0 Å². The van der Waals surface area contributed by atoms with Gasteiger partial charge in [0, 0.05) is 0 Å². The van der Waals surface area contributed by atoms with Crippen molar-refractivity contribution in [1.29, 1.82) is 0 Å². The molecule has 0 amide bonds. The molecule has 0 radical (unpaired) electrons. The fourth-order valence-corrected chi connectivity index (χ4v) is 27.6. The summed E-state index contributed by atoms with van der Waals surface area (Å²) >= 11 is -2.28.